The van der Waals surface area contributed by atoms with Gasteiger partial charge in [-0.25, -0.2) is 4.79 Å². The highest BCUT2D eigenvalue weighted by Gasteiger charge is 2.17. The largest absolute Gasteiger partial charge is 0.496 e. The molecule has 0 spiro atoms. The number of rotatable bonds is 4. The van der Waals surface area contributed by atoms with Crippen molar-refractivity contribution in [2.75, 3.05) is 7.11 Å². The second-order valence-corrected chi connectivity index (χ2v) is 6.35. The van der Waals surface area contributed by atoms with Gasteiger partial charge in [0.2, 0.25) is 5.43 Å². The maximum absolute atomic E-state index is 13.1. The number of pyridine rings is 1. The third-order valence-electron chi connectivity index (χ3n) is 4.54. The van der Waals surface area contributed by atoms with Crippen LogP contribution in [0.25, 0.3) is 22.1 Å². The predicted molar refractivity (Wildman–Crippen MR) is 108 cm³/mol. The normalized spacial score (nSPS) is 10.7. The Morgan fingerprint density at radius 2 is 1.79 bits per heavy atom. The molecule has 0 bridgehead atoms. The summed E-state index contributed by atoms with van der Waals surface area (Å²) in [5, 5.41) is 0.389. The van der Waals surface area contributed by atoms with E-state index in [4.69, 9.17) is 13.9 Å². The first-order chi connectivity index (χ1) is 14.1. The highest BCUT2D eigenvalue weighted by Crippen LogP contribution is 2.32. The molecule has 0 atom stereocenters. The van der Waals surface area contributed by atoms with Gasteiger partial charge in [0.25, 0.3) is 0 Å². The lowest BCUT2D eigenvalue weighted by atomic mass is 10.0. The Labute approximate surface area is 166 Å². The van der Waals surface area contributed by atoms with E-state index in [0.29, 0.717) is 39.2 Å². The summed E-state index contributed by atoms with van der Waals surface area (Å²) >= 11 is 0. The van der Waals surface area contributed by atoms with Crippen LogP contribution in [0.15, 0.2) is 76.2 Å². The molecule has 0 saturated heterocycles. The van der Waals surface area contributed by atoms with Gasteiger partial charge in [-0.15, -0.1) is 0 Å². The lowest BCUT2D eigenvalue weighted by Gasteiger charge is -2.11. The first-order valence-electron chi connectivity index (χ1n) is 8.91. The molecule has 29 heavy (non-hydrogen) atoms. The summed E-state index contributed by atoms with van der Waals surface area (Å²) in [5.74, 6) is 0.804. The van der Waals surface area contributed by atoms with E-state index in [1.165, 1.54) is 18.5 Å². The zero-order chi connectivity index (χ0) is 20.4. The van der Waals surface area contributed by atoms with E-state index in [2.05, 4.69) is 4.98 Å². The fourth-order valence-electron chi connectivity index (χ4n) is 3.17. The summed E-state index contributed by atoms with van der Waals surface area (Å²) in [6.07, 6.45) is 3.03. The molecule has 4 aromatic rings. The maximum Gasteiger partial charge on any atom is 0.343 e. The van der Waals surface area contributed by atoms with Crippen LogP contribution in [0.3, 0.4) is 0 Å². The number of carbonyl (C=O) groups excluding carboxylic acids is 1. The molecule has 0 radical (unpaired) electrons. The molecule has 2 aromatic heterocycles. The van der Waals surface area contributed by atoms with Crippen molar-refractivity contribution in [2.45, 2.75) is 6.92 Å². The molecule has 0 aliphatic rings. The van der Waals surface area contributed by atoms with Crippen molar-refractivity contribution in [3.63, 3.8) is 0 Å². The van der Waals surface area contributed by atoms with Gasteiger partial charge in [-0.05, 0) is 37.3 Å². The van der Waals surface area contributed by atoms with E-state index in [0.717, 1.165) is 0 Å². The third-order valence-corrected chi connectivity index (χ3v) is 4.54. The third kappa shape index (κ3) is 3.48. The van der Waals surface area contributed by atoms with Gasteiger partial charge in [0.15, 0.2) is 0 Å². The van der Waals surface area contributed by atoms with Crippen molar-refractivity contribution < 1.29 is 18.7 Å². The van der Waals surface area contributed by atoms with Gasteiger partial charge in [0.05, 0.1) is 23.6 Å². The molecule has 0 aliphatic carbocycles. The standard InChI is InChI=1S/C23H17NO5/c1-14-21(17-5-3-4-6-19(17)27-2)22(25)18-8-7-16(13-20(18)28-14)29-23(26)15-9-11-24-12-10-15/h3-13H,1-2H3. The molecule has 0 fully saturated rings. The number of benzene rings is 2. The van der Waals surface area contributed by atoms with E-state index < -0.39 is 5.97 Å². The van der Waals surface area contributed by atoms with Crippen LogP contribution in [0, 0.1) is 6.92 Å². The number of carbonyl (C=O) groups is 1. The molecule has 2 aromatic carbocycles. The fraction of sp³-hybridized carbons (Fsp3) is 0.0870. The first kappa shape index (κ1) is 18.4. The number of aryl methyl sites for hydroxylation is 1. The van der Waals surface area contributed by atoms with Crippen LogP contribution < -0.4 is 14.9 Å². The number of fused-ring (bicyclic) bond motifs is 1. The lowest BCUT2D eigenvalue weighted by Crippen LogP contribution is -2.10. The maximum atomic E-state index is 13.1. The van der Waals surface area contributed by atoms with Crippen molar-refractivity contribution in [3.05, 3.63) is 88.5 Å². The van der Waals surface area contributed by atoms with Gasteiger partial charge >= 0.3 is 5.97 Å². The van der Waals surface area contributed by atoms with Crippen LogP contribution in [-0.4, -0.2) is 18.1 Å². The zero-order valence-electron chi connectivity index (χ0n) is 15.8. The average molecular weight is 387 g/mol. The number of nitrogens with zero attached hydrogens (tertiary/aromatic N) is 1. The number of esters is 1. The Balaban J connectivity index is 1.76. The van der Waals surface area contributed by atoms with Gasteiger partial charge in [0.1, 0.15) is 22.8 Å². The molecule has 0 saturated carbocycles. The van der Waals surface area contributed by atoms with Crippen molar-refractivity contribution >= 4 is 16.9 Å². The van der Waals surface area contributed by atoms with Crippen LogP contribution in [-0.2, 0) is 0 Å². The van der Waals surface area contributed by atoms with Crippen molar-refractivity contribution in [1.82, 2.24) is 4.98 Å². The fourth-order valence-corrected chi connectivity index (χ4v) is 3.17. The molecular formula is C23H17NO5. The van der Waals surface area contributed by atoms with Crippen molar-refractivity contribution in [1.29, 1.82) is 0 Å². The molecule has 6 heteroatoms. The van der Waals surface area contributed by atoms with Crippen LogP contribution in [0.4, 0.5) is 0 Å². The van der Waals surface area contributed by atoms with E-state index in [1.807, 2.05) is 18.2 Å². The van der Waals surface area contributed by atoms with E-state index in [9.17, 15) is 9.59 Å². The molecule has 4 rings (SSSR count). The van der Waals surface area contributed by atoms with Gasteiger partial charge < -0.3 is 13.9 Å². The average Bonchev–Trinajstić information content (AvgIpc) is 2.74. The summed E-state index contributed by atoms with van der Waals surface area (Å²) in [4.78, 5) is 29.3. The highest BCUT2D eigenvalue weighted by atomic mass is 16.5. The SMILES string of the molecule is COc1ccccc1-c1c(C)oc2cc(OC(=O)c3ccncc3)ccc2c1=O. The molecule has 6 nitrogen and oxygen atoms in total. The summed E-state index contributed by atoms with van der Waals surface area (Å²) in [6.45, 7) is 1.72. The minimum Gasteiger partial charge on any atom is -0.496 e. The van der Waals surface area contributed by atoms with Crippen LogP contribution >= 0.6 is 0 Å². The van der Waals surface area contributed by atoms with Gasteiger partial charge in [-0.2, -0.15) is 0 Å². The molecule has 0 amide bonds. The minimum absolute atomic E-state index is 0.180. The summed E-state index contributed by atoms with van der Waals surface area (Å²) in [5.41, 5.74) is 1.64. The van der Waals surface area contributed by atoms with E-state index in [-0.39, 0.29) is 11.2 Å². The van der Waals surface area contributed by atoms with Gasteiger partial charge in [0, 0.05) is 24.0 Å². The second kappa shape index (κ2) is 7.59. The number of ether oxygens (including phenoxy) is 2. The Hall–Kier alpha value is -3.93. The summed E-state index contributed by atoms with van der Waals surface area (Å²) in [7, 11) is 1.56. The summed E-state index contributed by atoms with van der Waals surface area (Å²) in [6, 6.07) is 15.1. The van der Waals surface area contributed by atoms with Crippen molar-refractivity contribution in [3.8, 4) is 22.6 Å². The molecule has 2 heterocycles. The number of para-hydroxylation sites is 1. The molecule has 144 valence electrons. The first-order valence-corrected chi connectivity index (χ1v) is 8.91. The van der Waals surface area contributed by atoms with Crippen LogP contribution in [0.1, 0.15) is 16.1 Å². The number of hydrogen-bond donors (Lipinski definition) is 0. The lowest BCUT2D eigenvalue weighted by molar-refractivity contribution is 0.0735. The van der Waals surface area contributed by atoms with Crippen molar-refractivity contribution in [2.24, 2.45) is 0 Å². The Morgan fingerprint density at radius 3 is 2.55 bits per heavy atom. The summed E-state index contributed by atoms with van der Waals surface area (Å²) < 4.78 is 16.7. The van der Waals surface area contributed by atoms with E-state index in [1.54, 1.807) is 44.4 Å². The Bertz CT molecular complexity index is 1260. The number of hydrogen-bond acceptors (Lipinski definition) is 6. The number of aromatic nitrogens is 1. The monoisotopic (exact) mass is 387 g/mol. The van der Waals surface area contributed by atoms with Gasteiger partial charge in [-0.3, -0.25) is 9.78 Å². The smallest absolute Gasteiger partial charge is 0.343 e. The topological polar surface area (TPSA) is 78.6 Å². The molecule has 0 unspecified atom stereocenters. The molecular weight excluding hydrogens is 370 g/mol. The quantitative estimate of drug-likeness (QED) is 0.382. The predicted octanol–water partition coefficient (Wildman–Crippen LogP) is 4.39. The number of methoxy groups -OCH3 is 1. The van der Waals surface area contributed by atoms with Crippen LogP contribution in [0.5, 0.6) is 11.5 Å². The second-order valence-electron chi connectivity index (χ2n) is 6.35. The van der Waals surface area contributed by atoms with Gasteiger partial charge in [-0.1, -0.05) is 18.2 Å². The minimum atomic E-state index is -0.517. The van der Waals surface area contributed by atoms with E-state index >= 15 is 0 Å². The Morgan fingerprint density at radius 1 is 1.03 bits per heavy atom. The highest BCUT2D eigenvalue weighted by molar-refractivity contribution is 5.92. The Kier molecular flexibility index (Phi) is 4.83. The zero-order valence-corrected chi connectivity index (χ0v) is 15.8. The molecule has 0 N–H and O–H groups in total. The van der Waals surface area contributed by atoms with Crippen LogP contribution in [0.2, 0.25) is 0 Å². The molecule has 0 aliphatic heterocycles.